The Kier molecular flexibility index (Phi) is 5.14. The summed E-state index contributed by atoms with van der Waals surface area (Å²) in [7, 11) is 0. The van der Waals surface area contributed by atoms with Crippen LogP contribution in [0.4, 0.5) is 0 Å². The molecule has 1 N–H and O–H groups in total. The van der Waals surface area contributed by atoms with E-state index in [1.165, 1.54) is 0 Å². The summed E-state index contributed by atoms with van der Waals surface area (Å²) < 4.78 is 0. The molecule has 2 rings (SSSR count). The highest BCUT2D eigenvalue weighted by Crippen LogP contribution is 2.25. The van der Waals surface area contributed by atoms with Gasteiger partial charge in [-0.25, -0.2) is 9.97 Å². The van der Waals surface area contributed by atoms with Crippen LogP contribution in [-0.2, 0) is 6.42 Å². The van der Waals surface area contributed by atoms with Crippen molar-refractivity contribution in [3.05, 3.63) is 58.1 Å². The van der Waals surface area contributed by atoms with Gasteiger partial charge >= 0.3 is 0 Å². The molecule has 3 nitrogen and oxygen atoms in total. The van der Waals surface area contributed by atoms with Gasteiger partial charge in [-0.1, -0.05) is 36.2 Å². The largest absolute Gasteiger partial charge is 0.309 e. The molecular formula is C14H15Cl2N3. The van der Waals surface area contributed by atoms with E-state index in [0.29, 0.717) is 10.0 Å². The molecule has 0 aliphatic carbocycles. The molecule has 0 amide bonds. The second-order valence-corrected chi connectivity index (χ2v) is 5.03. The summed E-state index contributed by atoms with van der Waals surface area (Å²) in [5.74, 6) is 0. The first-order valence-corrected chi connectivity index (χ1v) is 6.89. The fourth-order valence-corrected chi connectivity index (χ4v) is 2.43. The molecule has 0 radical (unpaired) electrons. The standard InChI is InChI=1S/C14H15Cl2N3/c1-2-18-14(13-5-6-17-9-19-13)7-10-3-4-11(15)8-12(10)16/h3-6,8-9,14,18H,2,7H2,1H3. The average molecular weight is 296 g/mol. The van der Waals surface area contributed by atoms with Crippen LogP contribution < -0.4 is 5.32 Å². The lowest BCUT2D eigenvalue weighted by Gasteiger charge is -2.18. The molecule has 1 atom stereocenters. The van der Waals surface area contributed by atoms with Crippen molar-refractivity contribution in [2.24, 2.45) is 0 Å². The molecule has 1 aromatic carbocycles. The second kappa shape index (κ2) is 6.85. The average Bonchev–Trinajstić information content (AvgIpc) is 2.42. The monoisotopic (exact) mass is 295 g/mol. The highest BCUT2D eigenvalue weighted by molar-refractivity contribution is 6.35. The van der Waals surface area contributed by atoms with Gasteiger partial charge in [0.1, 0.15) is 6.33 Å². The molecule has 1 heterocycles. The van der Waals surface area contributed by atoms with E-state index in [9.17, 15) is 0 Å². The van der Waals surface area contributed by atoms with E-state index in [1.54, 1.807) is 18.6 Å². The fourth-order valence-electron chi connectivity index (χ4n) is 1.94. The molecule has 1 unspecified atom stereocenters. The zero-order valence-corrected chi connectivity index (χ0v) is 12.1. The molecular weight excluding hydrogens is 281 g/mol. The van der Waals surface area contributed by atoms with Crippen molar-refractivity contribution in [2.75, 3.05) is 6.54 Å². The highest BCUT2D eigenvalue weighted by Gasteiger charge is 2.14. The van der Waals surface area contributed by atoms with Crippen molar-refractivity contribution in [1.82, 2.24) is 15.3 Å². The van der Waals surface area contributed by atoms with Crippen LogP contribution >= 0.6 is 23.2 Å². The Morgan fingerprint density at radius 3 is 2.74 bits per heavy atom. The molecule has 2 aromatic rings. The van der Waals surface area contributed by atoms with Crippen molar-refractivity contribution >= 4 is 23.2 Å². The number of rotatable bonds is 5. The van der Waals surface area contributed by atoms with Gasteiger partial charge in [0.05, 0.1) is 11.7 Å². The lowest BCUT2D eigenvalue weighted by atomic mass is 10.0. The van der Waals surface area contributed by atoms with Crippen LogP contribution in [0.5, 0.6) is 0 Å². The van der Waals surface area contributed by atoms with Crippen molar-refractivity contribution in [2.45, 2.75) is 19.4 Å². The molecule has 0 saturated carbocycles. The van der Waals surface area contributed by atoms with Crippen LogP contribution in [0.25, 0.3) is 0 Å². The number of hydrogen-bond acceptors (Lipinski definition) is 3. The van der Waals surface area contributed by atoms with E-state index in [1.807, 2.05) is 18.2 Å². The summed E-state index contributed by atoms with van der Waals surface area (Å²) in [5.41, 5.74) is 2.01. The Bertz CT molecular complexity index is 531. The zero-order chi connectivity index (χ0) is 13.7. The van der Waals surface area contributed by atoms with Gasteiger partial charge in [0.2, 0.25) is 0 Å². The van der Waals surface area contributed by atoms with E-state index in [2.05, 4.69) is 22.2 Å². The van der Waals surface area contributed by atoms with Crippen molar-refractivity contribution in [3.8, 4) is 0 Å². The Labute approximate surface area is 123 Å². The summed E-state index contributed by atoms with van der Waals surface area (Å²) in [6, 6.07) is 7.60. The third-order valence-electron chi connectivity index (χ3n) is 2.85. The van der Waals surface area contributed by atoms with Gasteiger partial charge in [-0.05, 0) is 36.7 Å². The SMILES string of the molecule is CCNC(Cc1ccc(Cl)cc1Cl)c1ccncn1. The number of likely N-dealkylation sites (N-methyl/N-ethyl adjacent to an activating group) is 1. The molecule has 100 valence electrons. The summed E-state index contributed by atoms with van der Waals surface area (Å²) >= 11 is 12.1. The van der Waals surface area contributed by atoms with Crippen LogP contribution in [0.15, 0.2) is 36.8 Å². The number of hydrogen-bond donors (Lipinski definition) is 1. The minimum Gasteiger partial charge on any atom is -0.309 e. The number of aromatic nitrogens is 2. The molecule has 0 fully saturated rings. The molecule has 0 spiro atoms. The second-order valence-electron chi connectivity index (χ2n) is 4.18. The predicted molar refractivity (Wildman–Crippen MR) is 78.6 cm³/mol. The Morgan fingerprint density at radius 1 is 1.26 bits per heavy atom. The number of halogens is 2. The molecule has 1 aromatic heterocycles. The maximum atomic E-state index is 6.22. The summed E-state index contributed by atoms with van der Waals surface area (Å²) in [6.07, 6.45) is 4.07. The van der Waals surface area contributed by atoms with E-state index in [-0.39, 0.29) is 6.04 Å². The predicted octanol–water partition coefficient (Wildman–Crippen LogP) is 3.68. The normalized spacial score (nSPS) is 12.4. The molecule has 0 aliphatic rings. The highest BCUT2D eigenvalue weighted by atomic mass is 35.5. The maximum Gasteiger partial charge on any atom is 0.115 e. The lowest BCUT2D eigenvalue weighted by molar-refractivity contribution is 0.535. The van der Waals surface area contributed by atoms with Gasteiger partial charge in [-0.15, -0.1) is 0 Å². The zero-order valence-electron chi connectivity index (χ0n) is 10.6. The van der Waals surface area contributed by atoms with Crippen LogP contribution in [0.1, 0.15) is 24.2 Å². The third kappa shape index (κ3) is 3.90. The van der Waals surface area contributed by atoms with Gasteiger partial charge < -0.3 is 5.32 Å². The van der Waals surface area contributed by atoms with Crippen LogP contribution in [0.2, 0.25) is 10.0 Å². The van der Waals surface area contributed by atoms with Crippen LogP contribution in [0, 0.1) is 0 Å². The number of nitrogens with one attached hydrogen (secondary N) is 1. The third-order valence-corrected chi connectivity index (χ3v) is 3.44. The van der Waals surface area contributed by atoms with Gasteiger partial charge in [0.15, 0.2) is 0 Å². The minimum absolute atomic E-state index is 0.117. The first-order chi connectivity index (χ1) is 9.20. The molecule has 0 aliphatic heterocycles. The van der Waals surface area contributed by atoms with E-state index >= 15 is 0 Å². The van der Waals surface area contributed by atoms with E-state index in [0.717, 1.165) is 24.2 Å². The molecule has 5 heteroatoms. The van der Waals surface area contributed by atoms with Crippen molar-refractivity contribution < 1.29 is 0 Å². The van der Waals surface area contributed by atoms with E-state index in [4.69, 9.17) is 23.2 Å². The fraction of sp³-hybridized carbons (Fsp3) is 0.286. The Balaban J connectivity index is 2.21. The number of nitrogens with zero attached hydrogens (tertiary/aromatic N) is 2. The van der Waals surface area contributed by atoms with Crippen LogP contribution in [-0.4, -0.2) is 16.5 Å². The first kappa shape index (κ1) is 14.3. The van der Waals surface area contributed by atoms with Gasteiger partial charge in [0, 0.05) is 16.2 Å². The summed E-state index contributed by atoms with van der Waals surface area (Å²) in [4.78, 5) is 8.24. The first-order valence-electron chi connectivity index (χ1n) is 6.14. The van der Waals surface area contributed by atoms with Crippen molar-refractivity contribution in [1.29, 1.82) is 0 Å². The molecule has 19 heavy (non-hydrogen) atoms. The van der Waals surface area contributed by atoms with Gasteiger partial charge in [-0.2, -0.15) is 0 Å². The lowest BCUT2D eigenvalue weighted by Crippen LogP contribution is -2.24. The summed E-state index contributed by atoms with van der Waals surface area (Å²) in [6.45, 7) is 2.93. The maximum absolute atomic E-state index is 6.22. The number of benzene rings is 1. The van der Waals surface area contributed by atoms with Gasteiger partial charge in [-0.3, -0.25) is 0 Å². The topological polar surface area (TPSA) is 37.8 Å². The minimum atomic E-state index is 0.117. The molecule has 0 saturated heterocycles. The smallest absolute Gasteiger partial charge is 0.115 e. The quantitative estimate of drug-likeness (QED) is 0.914. The van der Waals surface area contributed by atoms with Crippen LogP contribution in [0.3, 0.4) is 0 Å². The van der Waals surface area contributed by atoms with E-state index < -0.39 is 0 Å². The molecule has 0 bridgehead atoms. The Morgan fingerprint density at radius 2 is 2.11 bits per heavy atom. The van der Waals surface area contributed by atoms with Crippen molar-refractivity contribution in [3.63, 3.8) is 0 Å². The van der Waals surface area contributed by atoms with Gasteiger partial charge in [0.25, 0.3) is 0 Å². The summed E-state index contributed by atoms with van der Waals surface area (Å²) in [5, 5.41) is 4.74. The Hall–Kier alpha value is -1.16.